The average molecular weight is 591 g/mol. The van der Waals surface area contributed by atoms with Crippen LogP contribution in [0.5, 0.6) is 11.5 Å². The maximum atomic E-state index is 13.9. The molecule has 0 saturated carbocycles. The van der Waals surface area contributed by atoms with Crippen molar-refractivity contribution in [2.24, 2.45) is 10.7 Å². The number of aliphatic imine (C=N–C) groups is 1. The van der Waals surface area contributed by atoms with Gasteiger partial charge in [0.1, 0.15) is 17.7 Å². The van der Waals surface area contributed by atoms with Gasteiger partial charge >= 0.3 is 0 Å². The van der Waals surface area contributed by atoms with Gasteiger partial charge in [-0.05, 0) is 37.5 Å². The number of ether oxygens (including phenoxy) is 3. The monoisotopic (exact) mass is 589 g/mol. The summed E-state index contributed by atoms with van der Waals surface area (Å²) in [5.74, 6) is 0.608. The van der Waals surface area contributed by atoms with Crippen molar-refractivity contribution in [2.75, 3.05) is 33.4 Å². The van der Waals surface area contributed by atoms with E-state index in [4.69, 9.17) is 25.2 Å². The molecule has 2 aliphatic rings. The molecule has 4 N–H and O–H groups in total. The number of Topliss-reactive ketones (excluding diaryl/α,β-unsaturated/α-hetero) is 1. The highest BCUT2D eigenvalue weighted by molar-refractivity contribution is 8.93. The summed E-state index contributed by atoms with van der Waals surface area (Å²) in [5, 5.41) is 14.9. The van der Waals surface area contributed by atoms with Crippen molar-refractivity contribution in [3.8, 4) is 17.6 Å². The summed E-state index contributed by atoms with van der Waals surface area (Å²) in [5.41, 5.74) is 6.48. The minimum atomic E-state index is -1.53. The van der Waals surface area contributed by atoms with Crippen LogP contribution < -0.4 is 25.8 Å². The smallest absolute Gasteiger partial charge is 0.253 e. The summed E-state index contributed by atoms with van der Waals surface area (Å²) in [4.78, 5) is 31.5. The zero-order chi connectivity index (χ0) is 27.4. The molecule has 0 aliphatic carbocycles. The third-order valence-electron chi connectivity index (χ3n) is 6.17. The van der Waals surface area contributed by atoms with Gasteiger partial charge in [-0.2, -0.15) is 5.26 Å². The summed E-state index contributed by atoms with van der Waals surface area (Å²) < 4.78 is 17.4. The Labute approximate surface area is 234 Å². The van der Waals surface area contributed by atoms with Gasteiger partial charge < -0.3 is 30.6 Å². The standard InChI is InChI=1S/C27H35N5O5.BrH/c1-7-35-20-12-16(11-18(26(3,4)5)23(20)37-10-9-28)19(33)14-27(25(34)30-6)21(36-8-2)13-17-15-31-24(29)22(17)32-27;/h11-13,32H,7-8,10,14-15H2,1-6H3,(H2,29,31)(H,30,34);1H. The molecule has 1 unspecified atom stereocenters. The quantitative estimate of drug-likeness (QED) is 0.352. The summed E-state index contributed by atoms with van der Waals surface area (Å²) in [7, 11) is 1.50. The molecule has 1 amide bonds. The Bertz CT molecular complexity index is 1230. The largest absolute Gasteiger partial charge is 0.495 e. The maximum absolute atomic E-state index is 13.9. The van der Waals surface area contributed by atoms with E-state index >= 15 is 0 Å². The van der Waals surface area contributed by atoms with Crippen molar-refractivity contribution in [1.82, 2.24) is 10.6 Å². The molecule has 2 heterocycles. The Morgan fingerprint density at radius 3 is 2.47 bits per heavy atom. The number of amides is 1. The fraction of sp³-hybridized carbons (Fsp3) is 0.481. The number of rotatable bonds is 10. The normalized spacial score (nSPS) is 18.1. The van der Waals surface area contributed by atoms with Crippen molar-refractivity contribution in [2.45, 2.75) is 52.0 Å². The van der Waals surface area contributed by atoms with Crippen molar-refractivity contribution >= 4 is 34.5 Å². The van der Waals surface area contributed by atoms with Crippen LogP contribution in [0.15, 0.2) is 40.2 Å². The number of carbonyl (C=O) groups excluding carboxylic acids is 2. The molecule has 11 heteroatoms. The third-order valence-corrected chi connectivity index (χ3v) is 6.17. The zero-order valence-electron chi connectivity index (χ0n) is 22.7. The van der Waals surface area contributed by atoms with Crippen molar-refractivity contribution < 1.29 is 23.8 Å². The summed E-state index contributed by atoms with van der Waals surface area (Å²) >= 11 is 0. The molecule has 0 spiro atoms. The fourth-order valence-electron chi connectivity index (χ4n) is 4.40. The number of nitrogens with one attached hydrogen (secondary N) is 2. The van der Waals surface area contributed by atoms with Gasteiger partial charge in [-0.15, -0.1) is 17.0 Å². The van der Waals surface area contributed by atoms with Crippen LogP contribution in [-0.4, -0.2) is 56.5 Å². The highest BCUT2D eigenvalue weighted by Crippen LogP contribution is 2.41. The molecule has 1 atom stereocenters. The molecule has 0 bridgehead atoms. The molecular weight excluding hydrogens is 554 g/mol. The molecular formula is C27H36BrN5O5. The molecule has 10 nitrogen and oxygen atoms in total. The van der Waals surface area contributed by atoms with E-state index in [-0.39, 0.29) is 41.6 Å². The number of benzene rings is 1. The van der Waals surface area contributed by atoms with Gasteiger partial charge in [-0.3, -0.25) is 14.6 Å². The number of halogens is 1. The number of carbonyl (C=O) groups is 2. The van der Waals surface area contributed by atoms with Gasteiger partial charge in [0.2, 0.25) is 0 Å². The van der Waals surface area contributed by atoms with E-state index < -0.39 is 16.9 Å². The molecule has 3 rings (SSSR count). The number of likely N-dealkylation sites (N-methyl/N-ethyl adjacent to an activating group) is 1. The third kappa shape index (κ3) is 5.96. The van der Waals surface area contributed by atoms with Gasteiger partial charge in [0.05, 0.1) is 31.9 Å². The molecule has 1 aromatic rings. The van der Waals surface area contributed by atoms with E-state index in [1.165, 1.54) is 7.05 Å². The van der Waals surface area contributed by atoms with Crippen molar-refractivity contribution in [3.63, 3.8) is 0 Å². The molecule has 0 aromatic heterocycles. The lowest BCUT2D eigenvalue weighted by molar-refractivity contribution is -0.127. The minimum absolute atomic E-state index is 0. The molecule has 0 radical (unpaired) electrons. The van der Waals surface area contributed by atoms with E-state index in [9.17, 15) is 9.59 Å². The van der Waals surface area contributed by atoms with Crippen LogP contribution in [0, 0.1) is 11.3 Å². The first-order valence-electron chi connectivity index (χ1n) is 12.2. The maximum Gasteiger partial charge on any atom is 0.253 e. The van der Waals surface area contributed by atoms with Gasteiger partial charge in [-0.1, -0.05) is 20.8 Å². The first kappa shape index (κ1) is 30.7. The average Bonchev–Trinajstić information content (AvgIpc) is 3.21. The lowest BCUT2D eigenvalue weighted by Crippen LogP contribution is -2.61. The summed E-state index contributed by atoms with van der Waals surface area (Å²) in [6.07, 6.45) is 1.49. The molecule has 2 aliphatic heterocycles. The van der Waals surface area contributed by atoms with Crippen LogP contribution >= 0.6 is 17.0 Å². The predicted molar refractivity (Wildman–Crippen MR) is 150 cm³/mol. The number of hydrogen-bond acceptors (Lipinski definition) is 9. The molecule has 0 saturated heterocycles. The molecule has 206 valence electrons. The van der Waals surface area contributed by atoms with E-state index in [0.29, 0.717) is 53.8 Å². The van der Waals surface area contributed by atoms with Crippen LogP contribution in [0.1, 0.15) is 57.0 Å². The van der Waals surface area contributed by atoms with Crippen LogP contribution in [0.3, 0.4) is 0 Å². The van der Waals surface area contributed by atoms with E-state index in [1.54, 1.807) is 18.2 Å². The number of nitriles is 1. The lowest BCUT2D eigenvalue weighted by Gasteiger charge is -2.38. The lowest BCUT2D eigenvalue weighted by atomic mass is 9.81. The van der Waals surface area contributed by atoms with Crippen LogP contribution in [-0.2, 0) is 14.9 Å². The Morgan fingerprint density at radius 1 is 1.21 bits per heavy atom. The number of nitrogens with two attached hydrogens (primary N) is 1. The van der Waals surface area contributed by atoms with Crippen LogP contribution in [0.4, 0.5) is 0 Å². The molecule has 0 fully saturated rings. The number of ketones is 1. The summed E-state index contributed by atoms with van der Waals surface area (Å²) in [6, 6.07) is 5.30. The Balaban J connectivity index is 0.00000507. The second-order valence-corrected chi connectivity index (χ2v) is 9.73. The van der Waals surface area contributed by atoms with E-state index in [0.717, 1.165) is 5.57 Å². The minimum Gasteiger partial charge on any atom is -0.495 e. The number of nitrogens with zero attached hydrogens (tertiary/aromatic N) is 2. The van der Waals surface area contributed by atoms with E-state index in [1.807, 2.05) is 40.7 Å². The zero-order valence-corrected chi connectivity index (χ0v) is 24.4. The molecule has 38 heavy (non-hydrogen) atoms. The van der Waals surface area contributed by atoms with Gasteiger partial charge in [-0.25, -0.2) is 0 Å². The highest BCUT2D eigenvalue weighted by atomic mass is 79.9. The second kappa shape index (κ2) is 12.3. The van der Waals surface area contributed by atoms with E-state index in [2.05, 4.69) is 15.6 Å². The van der Waals surface area contributed by atoms with Crippen molar-refractivity contribution in [1.29, 1.82) is 5.26 Å². The second-order valence-electron chi connectivity index (χ2n) is 9.73. The van der Waals surface area contributed by atoms with Gasteiger partial charge in [0.25, 0.3) is 5.91 Å². The first-order chi connectivity index (χ1) is 17.5. The van der Waals surface area contributed by atoms with Gasteiger partial charge in [0, 0.05) is 23.7 Å². The topological polar surface area (TPSA) is 148 Å². The molecule has 1 aromatic carbocycles. The van der Waals surface area contributed by atoms with Crippen molar-refractivity contribution in [3.05, 3.63) is 46.4 Å². The number of amidine groups is 1. The Hall–Kier alpha value is -3.52. The number of hydrogen-bond donors (Lipinski definition) is 3. The van der Waals surface area contributed by atoms with Gasteiger partial charge in [0.15, 0.2) is 29.4 Å². The summed E-state index contributed by atoms with van der Waals surface area (Å²) in [6.45, 7) is 10.4. The Kier molecular flexibility index (Phi) is 9.98. The number of dihydropyridines is 1. The SMILES string of the molecule is Br.CCOC1=CC2=C(NC1(CC(=O)c1cc(OCC)c(OCC#N)c(C(C)(C)C)c1)C(=O)NC)C(N)=NC2. The highest BCUT2D eigenvalue weighted by Gasteiger charge is 2.49. The van der Waals surface area contributed by atoms with Crippen LogP contribution in [0.25, 0.3) is 0 Å². The van der Waals surface area contributed by atoms with Crippen LogP contribution in [0.2, 0.25) is 0 Å². The fourth-order valence-corrected chi connectivity index (χ4v) is 4.40. The predicted octanol–water partition coefficient (Wildman–Crippen LogP) is 3.07. The first-order valence-corrected chi connectivity index (χ1v) is 12.2. The Morgan fingerprint density at radius 2 is 1.89 bits per heavy atom.